The summed E-state index contributed by atoms with van der Waals surface area (Å²) in [5.41, 5.74) is 1.76. The van der Waals surface area contributed by atoms with Crippen LogP contribution >= 0.6 is 11.3 Å². The summed E-state index contributed by atoms with van der Waals surface area (Å²) in [6.45, 7) is 2.13. The minimum absolute atomic E-state index is 0.384. The van der Waals surface area contributed by atoms with Gasteiger partial charge in [-0.05, 0) is 13.5 Å². The molecule has 0 saturated carbocycles. The van der Waals surface area contributed by atoms with Crippen LogP contribution in [0.15, 0.2) is 16.2 Å². The van der Waals surface area contributed by atoms with E-state index in [4.69, 9.17) is 4.52 Å². The molecule has 2 aromatic rings. The molecule has 2 heterocycles. The number of nitrogens with one attached hydrogen (secondary N) is 1. The largest absolute Gasteiger partial charge is 0.339 e. The summed E-state index contributed by atoms with van der Waals surface area (Å²) < 4.78 is 5.20. The van der Waals surface area contributed by atoms with Gasteiger partial charge in [-0.1, -0.05) is 12.1 Å². The highest BCUT2D eigenvalue weighted by Gasteiger charge is 2.13. The summed E-state index contributed by atoms with van der Waals surface area (Å²) in [5.74, 6) is 1.30. The summed E-state index contributed by atoms with van der Waals surface area (Å²) in [7, 11) is 1.94. The van der Waals surface area contributed by atoms with Crippen LogP contribution in [-0.2, 0) is 6.42 Å². The van der Waals surface area contributed by atoms with Crippen LogP contribution in [-0.4, -0.2) is 28.2 Å². The van der Waals surface area contributed by atoms with Gasteiger partial charge in [0.05, 0.1) is 10.4 Å². The molecule has 2 rings (SSSR count). The zero-order valence-corrected chi connectivity index (χ0v) is 10.1. The average molecular weight is 238 g/mol. The van der Waals surface area contributed by atoms with Crippen LogP contribution < -0.4 is 5.32 Å². The second kappa shape index (κ2) is 5.18. The SMILES string of the molecule is CCC(Cc1nc(-c2cncs2)no1)NC. The molecule has 86 valence electrons. The number of aromatic nitrogens is 3. The minimum Gasteiger partial charge on any atom is -0.339 e. The molecule has 0 spiro atoms. The summed E-state index contributed by atoms with van der Waals surface area (Å²) in [4.78, 5) is 9.26. The molecule has 0 fully saturated rings. The fourth-order valence-electron chi connectivity index (χ4n) is 1.43. The van der Waals surface area contributed by atoms with Crippen LogP contribution in [0.25, 0.3) is 10.7 Å². The van der Waals surface area contributed by atoms with Crippen molar-refractivity contribution >= 4 is 11.3 Å². The standard InChI is InChI=1S/C10H14N4OS/c1-3-7(11-2)4-9-13-10(14-15-9)8-5-12-6-16-8/h5-7,11H,3-4H2,1-2H3. The van der Waals surface area contributed by atoms with Crippen LogP contribution in [0.5, 0.6) is 0 Å². The fraction of sp³-hybridized carbons (Fsp3) is 0.500. The molecule has 0 aliphatic heterocycles. The third kappa shape index (κ3) is 2.45. The van der Waals surface area contributed by atoms with E-state index >= 15 is 0 Å². The Labute approximate surface area is 97.9 Å². The predicted octanol–water partition coefficient (Wildman–Crippen LogP) is 1.73. The Kier molecular flexibility index (Phi) is 3.63. The highest BCUT2D eigenvalue weighted by Crippen LogP contribution is 2.19. The van der Waals surface area contributed by atoms with Crippen molar-refractivity contribution in [3.8, 4) is 10.7 Å². The Bertz CT molecular complexity index is 422. The number of likely N-dealkylation sites (N-methyl/N-ethyl adjacent to an activating group) is 1. The molecule has 1 atom stereocenters. The topological polar surface area (TPSA) is 63.8 Å². The summed E-state index contributed by atoms with van der Waals surface area (Å²) in [5, 5.41) is 7.14. The van der Waals surface area contributed by atoms with E-state index in [1.54, 1.807) is 11.7 Å². The quantitative estimate of drug-likeness (QED) is 0.859. The third-order valence-electron chi connectivity index (χ3n) is 2.44. The van der Waals surface area contributed by atoms with Crippen molar-refractivity contribution in [3.63, 3.8) is 0 Å². The van der Waals surface area contributed by atoms with Crippen LogP contribution in [0.4, 0.5) is 0 Å². The molecule has 6 heteroatoms. The van der Waals surface area contributed by atoms with Crippen LogP contribution in [0.3, 0.4) is 0 Å². The molecule has 0 amide bonds. The first-order chi connectivity index (χ1) is 7.83. The van der Waals surface area contributed by atoms with Crippen LogP contribution in [0.2, 0.25) is 0 Å². The third-order valence-corrected chi connectivity index (χ3v) is 3.21. The Hall–Kier alpha value is -1.27. The molecule has 0 radical (unpaired) electrons. The van der Waals surface area contributed by atoms with Crippen molar-refractivity contribution in [2.24, 2.45) is 0 Å². The number of hydrogen-bond acceptors (Lipinski definition) is 6. The first-order valence-electron chi connectivity index (χ1n) is 5.22. The van der Waals surface area contributed by atoms with E-state index in [0.717, 1.165) is 17.7 Å². The lowest BCUT2D eigenvalue weighted by Gasteiger charge is -2.09. The lowest BCUT2D eigenvalue weighted by Crippen LogP contribution is -2.26. The Morgan fingerprint density at radius 2 is 2.44 bits per heavy atom. The maximum atomic E-state index is 5.20. The Morgan fingerprint density at radius 3 is 3.06 bits per heavy atom. The van der Waals surface area contributed by atoms with Crippen molar-refractivity contribution in [2.45, 2.75) is 25.8 Å². The van der Waals surface area contributed by atoms with E-state index in [0.29, 0.717) is 17.8 Å². The molecular weight excluding hydrogens is 224 g/mol. The van der Waals surface area contributed by atoms with Gasteiger partial charge in [-0.15, -0.1) is 11.3 Å². The molecular formula is C10H14N4OS. The van der Waals surface area contributed by atoms with Crippen LogP contribution in [0.1, 0.15) is 19.2 Å². The first-order valence-corrected chi connectivity index (χ1v) is 6.10. The lowest BCUT2D eigenvalue weighted by molar-refractivity contribution is 0.359. The zero-order chi connectivity index (χ0) is 11.4. The molecule has 0 aliphatic rings. The smallest absolute Gasteiger partial charge is 0.228 e. The zero-order valence-electron chi connectivity index (χ0n) is 9.30. The number of thiazole rings is 1. The molecule has 0 saturated heterocycles. The van der Waals surface area contributed by atoms with Crippen molar-refractivity contribution in [3.05, 3.63) is 17.6 Å². The maximum absolute atomic E-state index is 5.20. The Morgan fingerprint density at radius 1 is 1.56 bits per heavy atom. The molecule has 1 unspecified atom stereocenters. The van der Waals surface area contributed by atoms with E-state index in [-0.39, 0.29) is 0 Å². The molecule has 0 bridgehead atoms. The lowest BCUT2D eigenvalue weighted by atomic mass is 10.1. The molecule has 0 aromatic carbocycles. The van der Waals surface area contributed by atoms with Gasteiger partial charge < -0.3 is 9.84 Å². The van der Waals surface area contributed by atoms with Crippen LogP contribution in [0, 0.1) is 0 Å². The number of nitrogens with zero attached hydrogens (tertiary/aromatic N) is 3. The van der Waals surface area contributed by atoms with Crippen molar-refractivity contribution < 1.29 is 4.52 Å². The van der Waals surface area contributed by atoms with Crippen molar-refractivity contribution in [2.75, 3.05) is 7.05 Å². The fourth-order valence-corrected chi connectivity index (χ4v) is 1.97. The second-order valence-corrected chi connectivity index (χ2v) is 4.36. The van der Waals surface area contributed by atoms with E-state index < -0.39 is 0 Å². The number of hydrogen-bond donors (Lipinski definition) is 1. The predicted molar refractivity (Wildman–Crippen MR) is 62.2 cm³/mol. The molecule has 5 nitrogen and oxygen atoms in total. The summed E-state index contributed by atoms with van der Waals surface area (Å²) in [6.07, 6.45) is 3.54. The first kappa shape index (κ1) is 11.2. The van der Waals surface area contributed by atoms with Gasteiger partial charge in [0.15, 0.2) is 0 Å². The highest BCUT2D eigenvalue weighted by molar-refractivity contribution is 7.13. The highest BCUT2D eigenvalue weighted by atomic mass is 32.1. The molecule has 1 N–H and O–H groups in total. The van der Waals surface area contributed by atoms with Crippen molar-refractivity contribution in [1.82, 2.24) is 20.4 Å². The van der Waals surface area contributed by atoms with Gasteiger partial charge in [-0.2, -0.15) is 4.98 Å². The maximum Gasteiger partial charge on any atom is 0.228 e. The van der Waals surface area contributed by atoms with Gasteiger partial charge in [-0.25, -0.2) is 0 Å². The second-order valence-electron chi connectivity index (χ2n) is 3.48. The van der Waals surface area contributed by atoms with Gasteiger partial charge in [0.25, 0.3) is 0 Å². The minimum atomic E-state index is 0.384. The van der Waals surface area contributed by atoms with Gasteiger partial charge in [-0.3, -0.25) is 4.98 Å². The van der Waals surface area contributed by atoms with Gasteiger partial charge in [0, 0.05) is 18.7 Å². The molecule has 2 aromatic heterocycles. The summed E-state index contributed by atoms with van der Waals surface area (Å²) in [6, 6.07) is 0.384. The van der Waals surface area contributed by atoms with Gasteiger partial charge in [0.2, 0.25) is 11.7 Å². The van der Waals surface area contributed by atoms with Gasteiger partial charge >= 0.3 is 0 Å². The molecule has 16 heavy (non-hydrogen) atoms. The normalized spacial score (nSPS) is 12.9. The van der Waals surface area contributed by atoms with E-state index in [1.165, 1.54) is 11.3 Å². The molecule has 0 aliphatic carbocycles. The summed E-state index contributed by atoms with van der Waals surface area (Å²) >= 11 is 1.51. The average Bonchev–Trinajstić information content (AvgIpc) is 2.96. The Balaban J connectivity index is 2.08. The van der Waals surface area contributed by atoms with E-state index in [2.05, 4.69) is 27.4 Å². The monoisotopic (exact) mass is 238 g/mol. The van der Waals surface area contributed by atoms with E-state index in [1.807, 2.05) is 7.05 Å². The van der Waals surface area contributed by atoms with Crippen molar-refractivity contribution in [1.29, 1.82) is 0 Å². The van der Waals surface area contributed by atoms with Gasteiger partial charge in [0.1, 0.15) is 0 Å². The number of rotatable bonds is 5. The van der Waals surface area contributed by atoms with E-state index in [9.17, 15) is 0 Å².